The predicted octanol–water partition coefficient (Wildman–Crippen LogP) is 4.93. The van der Waals surface area contributed by atoms with E-state index in [4.69, 9.17) is 27.1 Å². The van der Waals surface area contributed by atoms with Crippen LogP contribution in [0.15, 0.2) is 59.4 Å². The predicted molar refractivity (Wildman–Crippen MR) is 126 cm³/mol. The SMILES string of the molecule is CN=C(C1=C(N)CCc2cnc(Nc3ccccc3OC)nc21)c1cccc(C)c1Cl. The minimum absolute atomic E-state index is 0.459. The second-order valence-corrected chi connectivity index (χ2v) is 7.68. The molecule has 0 amide bonds. The Morgan fingerprint density at radius 3 is 2.74 bits per heavy atom. The summed E-state index contributed by atoms with van der Waals surface area (Å²) in [7, 11) is 3.38. The van der Waals surface area contributed by atoms with Gasteiger partial charge in [-0.15, -0.1) is 0 Å². The monoisotopic (exact) mass is 433 g/mol. The van der Waals surface area contributed by atoms with Crippen LogP contribution in [0.25, 0.3) is 5.57 Å². The third-order valence-electron chi connectivity index (χ3n) is 5.35. The quantitative estimate of drug-likeness (QED) is 0.557. The molecule has 4 rings (SSSR count). The van der Waals surface area contributed by atoms with Crippen molar-refractivity contribution in [3.8, 4) is 5.75 Å². The van der Waals surface area contributed by atoms with Gasteiger partial charge < -0.3 is 15.8 Å². The first-order valence-electron chi connectivity index (χ1n) is 10.0. The highest BCUT2D eigenvalue weighted by Gasteiger charge is 2.26. The van der Waals surface area contributed by atoms with Crippen LogP contribution in [0.2, 0.25) is 5.02 Å². The Hall–Kier alpha value is -3.38. The molecule has 0 unspecified atom stereocenters. The van der Waals surface area contributed by atoms with E-state index in [9.17, 15) is 0 Å². The summed E-state index contributed by atoms with van der Waals surface area (Å²) in [6.45, 7) is 1.98. The van der Waals surface area contributed by atoms with Crippen LogP contribution < -0.4 is 15.8 Å². The average Bonchev–Trinajstić information content (AvgIpc) is 2.78. The van der Waals surface area contributed by atoms with E-state index in [1.807, 2.05) is 55.6 Å². The van der Waals surface area contributed by atoms with Crippen LogP contribution in [-0.2, 0) is 6.42 Å². The van der Waals surface area contributed by atoms with E-state index in [-0.39, 0.29) is 0 Å². The number of aliphatic imine (C=N–C) groups is 1. The number of hydrogen-bond donors (Lipinski definition) is 2. The van der Waals surface area contributed by atoms with Gasteiger partial charge in [0.25, 0.3) is 0 Å². The molecule has 0 aliphatic heterocycles. The summed E-state index contributed by atoms with van der Waals surface area (Å²) >= 11 is 6.63. The van der Waals surface area contributed by atoms with Gasteiger partial charge in [0.2, 0.25) is 5.95 Å². The third kappa shape index (κ3) is 3.99. The van der Waals surface area contributed by atoms with Crippen molar-refractivity contribution >= 4 is 34.5 Å². The summed E-state index contributed by atoms with van der Waals surface area (Å²) in [5, 5.41) is 3.91. The van der Waals surface area contributed by atoms with Crippen molar-refractivity contribution in [2.75, 3.05) is 19.5 Å². The lowest BCUT2D eigenvalue weighted by atomic mass is 9.88. The number of para-hydroxylation sites is 2. The maximum atomic E-state index is 6.63. The van der Waals surface area contributed by atoms with Crippen LogP contribution in [0.3, 0.4) is 0 Å². The van der Waals surface area contributed by atoms with E-state index in [0.29, 0.717) is 23.1 Å². The molecule has 0 saturated carbocycles. The summed E-state index contributed by atoms with van der Waals surface area (Å²) < 4.78 is 5.43. The number of nitrogens with zero attached hydrogens (tertiary/aromatic N) is 3. The zero-order valence-electron chi connectivity index (χ0n) is 17.7. The molecule has 0 fully saturated rings. The van der Waals surface area contributed by atoms with Gasteiger partial charge in [0, 0.05) is 30.1 Å². The molecule has 3 N–H and O–H groups in total. The van der Waals surface area contributed by atoms with Crippen molar-refractivity contribution < 1.29 is 4.74 Å². The van der Waals surface area contributed by atoms with Crippen molar-refractivity contribution in [2.45, 2.75) is 19.8 Å². The Balaban J connectivity index is 1.80. The molecule has 0 radical (unpaired) electrons. The first-order valence-corrected chi connectivity index (χ1v) is 10.4. The van der Waals surface area contributed by atoms with Gasteiger partial charge in [0.05, 0.1) is 29.2 Å². The number of ether oxygens (including phenoxy) is 1. The smallest absolute Gasteiger partial charge is 0.227 e. The first-order chi connectivity index (χ1) is 15.0. The Kier molecular flexibility index (Phi) is 5.91. The number of anilines is 2. The molecule has 3 aromatic rings. The average molecular weight is 434 g/mol. The van der Waals surface area contributed by atoms with Crippen molar-refractivity contribution in [1.29, 1.82) is 0 Å². The Labute approximate surface area is 186 Å². The van der Waals surface area contributed by atoms with E-state index < -0.39 is 0 Å². The lowest BCUT2D eigenvalue weighted by Gasteiger charge is -2.23. The van der Waals surface area contributed by atoms with Crippen LogP contribution >= 0.6 is 11.6 Å². The van der Waals surface area contributed by atoms with Gasteiger partial charge in [-0.2, -0.15) is 0 Å². The van der Waals surface area contributed by atoms with Crippen LogP contribution in [0.1, 0.15) is 28.8 Å². The number of nitrogens with one attached hydrogen (secondary N) is 1. The zero-order valence-corrected chi connectivity index (χ0v) is 18.5. The minimum Gasteiger partial charge on any atom is -0.495 e. The standard InChI is InChI=1S/C24H24ClN5O/c1-14-7-6-8-16(21(14)25)23(27-2)20-17(26)12-11-15-13-28-24(30-22(15)20)29-18-9-4-5-10-19(18)31-3/h4-10,13H,11-12,26H2,1-3H3,(H,28,29,30). The number of hydrogen-bond acceptors (Lipinski definition) is 6. The van der Waals surface area contributed by atoms with E-state index in [1.165, 1.54) is 0 Å². The summed E-state index contributed by atoms with van der Waals surface area (Å²) in [5.74, 6) is 1.17. The molecule has 1 aliphatic rings. The maximum absolute atomic E-state index is 6.63. The van der Waals surface area contributed by atoms with Crippen LogP contribution in [-0.4, -0.2) is 29.8 Å². The highest BCUT2D eigenvalue weighted by Crippen LogP contribution is 2.34. The molecular weight excluding hydrogens is 410 g/mol. The van der Waals surface area contributed by atoms with Crippen molar-refractivity contribution in [3.63, 3.8) is 0 Å². The number of fused-ring (bicyclic) bond motifs is 1. The molecule has 158 valence electrons. The number of aryl methyl sites for hydroxylation is 2. The van der Waals surface area contributed by atoms with E-state index in [2.05, 4.69) is 15.3 Å². The van der Waals surface area contributed by atoms with Gasteiger partial charge in [0.15, 0.2) is 0 Å². The number of nitrogens with two attached hydrogens (primary N) is 1. The lowest BCUT2D eigenvalue weighted by Crippen LogP contribution is -2.20. The zero-order chi connectivity index (χ0) is 22.0. The Morgan fingerprint density at radius 2 is 1.97 bits per heavy atom. The molecule has 0 bridgehead atoms. The molecule has 7 heteroatoms. The molecule has 0 saturated heterocycles. The number of rotatable bonds is 5. The largest absolute Gasteiger partial charge is 0.495 e. The van der Waals surface area contributed by atoms with Crippen molar-refractivity contribution in [3.05, 3.63) is 81.8 Å². The fourth-order valence-corrected chi connectivity index (χ4v) is 3.96. The molecule has 1 aromatic heterocycles. The van der Waals surface area contributed by atoms with Crippen LogP contribution in [0.4, 0.5) is 11.6 Å². The molecule has 1 heterocycles. The van der Waals surface area contributed by atoms with Gasteiger partial charge in [0.1, 0.15) is 5.75 Å². The molecule has 0 spiro atoms. The number of allylic oxidation sites excluding steroid dienone is 2. The van der Waals surface area contributed by atoms with Gasteiger partial charge in [-0.1, -0.05) is 41.9 Å². The van der Waals surface area contributed by atoms with Gasteiger partial charge in [-0.3, -0.25) is 4.99 Å². The summed E-state index contributed by atoms with van der Waals surface area (Å²) in [4.78, 5) is 13.9. The molecule has 0 atom stereocenters. The van der Waals surface area contributed by atoms with Crippen LogP contribution in [0, 0.1) is 6.92 Å². The molecule has 6 nitrogen and oxygen atoms in total. The molecule has 1 aliphatic carbocycles. The lowest BCUT2D eigenvalue weighted by molar-refractivity contribution is 0.417. The van der Waals surface area contributed by atoms with Crippen LogP contribution in [0.5, 0.6) is 5.75 Å². The van der Waals surface area contributed by atoms with Crippen molar-refractivity contribution in [1.82, 2.24) is 9.97 Å². The van der Waals surface area contributed by atoms with E-state index >= 15 is 0 Å². The highest BCUT2D eigenvalue weighted by atomic mass is 35.5. The van der Waals surface area contributed by atoms with Gasteiger partial charge in [-0.25, -0.2) is 9.97 Å². The number of halogens is 1. The molecular formula is C24H24ClN5O. The molecule has 31 heavy (non-hydrogen) atoms. The minimum atomic E-state index is 0.459. The van der Waals surface area contributed by atoms with Gasteiger partial charge in [-0.05, 0) is 43.0 Å². The summed E-state index contributed by atoms with van der Waals surface area (Å²) in [6, 6.07) is 13.5. The maximum Gasteiger partial charge on any atom is 0.227 e. The van der Waals surface area contributed by atoms with Gasteiger partial charge >= 0.3 is 0 Å². The highest BCUT2D eigenvalue weighted by molar-refractivity contribution is 6.41. The fourth-order valence-electron chi connectivity index (χ4n) is 3.74. The van der Waals surface area contributed by atoms with E-state index in [0.717, 1.165) is 51.5 Å². The number of benzene rings is 2. The number of aromatic nitrogens is 2. The Morgan fingerprint density at radius 1 is 1.16 bits per heavy atom. The topological polar surface area (TPSA) is 85.4 Å². The van der Waals surface area contributed by atoms with Crippen molar-refractivity contribution in [2.24, 2.45) is 10.7 Å². The normalized spacial score (nSPS) is 13.7. The molecule has 2 aromatic carbocycles. The van der Waals surface area contributed by atoms with E-state index in [1.54, 1.807) is 14.2 Å². The Bertz CT molecular complexity index is 1200. The second kappa shape index (κ2) is 8.78. The summed E-state index contributed by atoms with van der Waals surface area (Å²) in [5.41, 5.74) is 13.2. The fraction of sp³-hybridized carbons (Fsp3) is 0.208. The second-order valence-electron chi connectivity index (χ2n) is 7.30. The first kappa shape index (κ1) is 20.9. The number of methoxy groups -OCH3 is 1. The summed E-state index contributed by atoms with van der Waals surface area (Å²) in [6.07, 6.45) is 3.34. The third-order valence-corrected chi connectivity index (χ3v) is 5.85.